The summed E-state index contributed by atoms with van der Waals surface area (Å²) >= 11 is 3.29. The summed E-state index contributed by atoms with van der Waals surface area (Å²) < 4.78 is 15.9. The fraction of sp³-hybridized carbons (Fsp3) is 0.438. The van der Waals surface area contributed by atoms with E-state index in [0.717, 1.165) is 24.3 Å². The predicted molar refractivity (Wildman–Crippen MR) is 86.7 cm³/mol. The van der Waals surface area contributed by atoms with Crippen molar-refractivity contribution in [3.8, 4) is 0 Å². The van der Waals surface area contributed by atoms with Gasteiger partial charge in [0.2, 0.25) is 0 Å². The molecule has 0 saturated heterocycles. The van der Waals surface area contributed by atoms with Crippen molar-refractivity contribution >= 4 is 15.9 Å². The first-order chi connectivity index (χ1) is 9.97. The molecule has 0 aliphatic heterocycles. The molecule has 21 heavy (non-hydrogen) atoms. The lowest BCUT2D eigenvalue weighted by Gasteiger charge is -2.06. The largest absolute Gasteiger partial charge is 0.312 e. The highest BCUT2D eigenvalue weighted by atomic mass is 79.9. The molecule has 5 heteroatoms. The number of nitrogens with zero attached hydrogens (tertiary/aromatic N) is 2. The minimum Gasteiger partial charge on any atom is -0.312 e. The van der Waals surface area contributed by atoms with Gasteiger partial charge in [0.15, 0.2) is 0 Å². The molecule has 2 aromatic rings. The average molecular weight is 354 g/mol. The molecule has 1 N–H and O–H groups in total. The lowest BCUT2D eigenvalue weighted by molar-refractivity contribution is 0.551. The molecule has 0 bridgehead atoms. The molecule has 1 aromatic heterocycles. The number of hydrogen-bond acceptors (Lipinski definition) is 2. The van der Waals surface area contributed by atoms with Crippen LogP contribution in [0.3, 0.4) is 0 Å². The molecule has 0 spiro atoms. The maximum Gasteiger partial charge on any atom is 0.137 e. The summed E-state index contributed by atoms with van der Waals surface area (Å²) in [5.74, 6) is 0.388. The average Bonchev–Trinajstić information content (AvgIpc) is 2.75. The zero-order valence-corrected chi connectivity index (χ0v) is 14.2. The Morgan fingerprint density at radius 3 is 2.81 bits per heavy atom. The highest BCUT2D eigenvalue weighted by Crippen LogP contribution is 2.21. The molecule has 1 heterocycles. The molecule has 1 aromatic carbocycles. The van der Waals surface area contributed by atoms with Crippen LogP contribution in [0.25, 0.3) is 0 Å². The Labute approximate surface area is 133 Å². The van der Waals surface area contributed by atoms with Gasteiger partial charge in [-0.05, 0) is 46.9 Å². The smallest absolute Gasteiger partial charge is 0.137 e. The minimum absolute atomic E-state index is 0.241. The maximum atomic E-state index is 13.5. The van der Waals surface area contributed by atoms with Crippen LogP contribution in [-0.2, 0) is 13.1 Å². The first kappa shape index (κ1) is 16.2. The fourth-order valence-corrected chi connectivity index (χ4v) is 2.54. The lowest BCUT2D eigenvalue weighted by atomic mass is 10.2. The number of aromatic nitrogens is 2. The minimum atomic E-state index is -0.241. The zero-order valence-electron chi connectivity index (χ0n) is 12.7. The van der Waals surface area contributed by atoms with E-state index in [1.54, 1.807) is 6.07 Å². The van der Waals surface area contributed by atoms with Gasteiger partial charge in [0, 0.05) is 18.3 Å². The Balaban J connectivity index is 2.06. The van der Waals surface area contributed by atoms with Crippen molar-refractivity contribution in [3.63, 3.8) is 0 Å². The maximum absolute atomic E-state index is 13.5. The number of aryl methyl sites for hydroxylation is 1. The Kier molecular flexibility index (Phi) is 5.53. The Morgan fingerprint density at radius 2 is 2.10 bits per heavy atom. The molecular formula is C16H21BrFN3. The Hall–Kier alpha value is -1.20. The van der Waals surface area contributed by atoms with Crippen LogP contribution >= 0.6 is 15.9 Å². The lowest BCUT2D eigenvalue weighted by Crippen LogP contribution is -2.19. The van der Waals surface area contributed by atoms with E-state index < -0.39 is 0 Å². The normalized spacial score (nSPS) is 11.3. The summed E-state index contributed by atoms with van der Waals surface area (Å²) in [6.45, 7) is 8.73. The first-order valence-electron chi connectivity index (χ1n) is 7.14. The summed E-state index contributed by atoms with van der Waals surface area (Å²) in [5, 5.41) is 7.92. The quantitative estimate of drug-likeness (QED) is 0.853. The van der Waals surface area contributed by atoms with Gasteiger partial charge < -0.3 is 5.32 Å². The molecule has 0 aliphatic carbocycles. The molecule has 114 valence electrons. The second-order valence-electron chi connectivity index (χ2n) is 5.68. The molecule has 2 rings (SSSR count). The molecule has 0 aliphatic rings. The summed E-state index contributed by atoms with van der Waals surface area (Å²) in [4.78, 5) is 0. The summed E-state index contributed by atoms with van der Waals surface area (Å²) in [6, 6.07) is 5.07. The second-order valence-corrected chi connectivity index (χ2v) is 6.47. The third kappa shape index (κ3) is 4.38. The standard InChI is InChI=1S/C16H21BrFN3/c1-11(2)7-19-8-14-10-21(20-12(14)3)9-13-5-4-6-15(18)16(13)17/h4-6,10-11,19H,7-9H2,1-3H3. The van der Waals surface area contributed by atoms with Crippen LogP contribution in [0.4, 0.5) is 4.39 Å². The zero-order chi connectivity index (χ0) is 15.4. The van der Waals surface area contributed by atoms with E-state index in [2.05, 4.69) is 40.2 Å². The summed E-state index contributed by atoms with van der Waals surface area (Å²) in [7, 11) is 0. The van der Waals surface area contributed by atoms with Crippen LogP contribution in [0.15, 0.2) is 28.9 Å². The van der Waals surface area contributed by atoms with E-state index in [1.807, 2.05) is 23.9 Å². The van der Waals surface area contributed by atoms with Gasteiger partial charge in [-0.25, -0.2) is 4.39 Å². The number of hydrogen-bond donors (Lipinski definition) is 1. The van der Waals surface area contributed by atoms with E-state index in [1.165, 1.54) is 11.6 Å². The van der Waals surface area contributed by atoms with Crippen LogP contribution in [0.1, 0.15) is 30.7 Å². The highest BCUT2D eigenvalue weighted by molar-refractivity contribution is 9.10. The van der Waals surface area contributed by atoms with Crippen molar-refractivity contribution < 1.29 is 4.39 Å². The number of rotatable bonds is 6. The molecular weight excluding hydrogens is 333 g/mol. The van der Waals surface area contributed by atoms with Gasteiger partial charge in [-0.1, -0.05) is 26.0 Å². The van der Waals surface area contributed by atoms with Crippen molar-refractivity contribution in [2.24, 2.45) is 5.92 Å². The van der Waals surface area contributed by atoms with Crippen LogP contribution in [0.2, 0.25) is 0 Å². The van der Waals surface area contributed by atoms with Crippen molar-refractivity contribution in [2.75, 3.05) is 6.54 Å². The van der Waals surface area contributed by atoms with Gasteiger partial charge >= 0.3 is 0 Å². The molecule has 0 atom stereocenters. The molecule has 0 saturated carbocycles. The third-order valence-corrected chi connectivity index (χ3v) is 4.17. The molecule has 3 nitrogen and oxygen atoms in total. The van der Waals surface area contributed by atoms with Gasteiger partial charge in [-0.15, -0.1) is 0 Å². The topological polar surface area (TPSA) is 29.9 Å². The van der Waals surface area contributed by atoms with Crippen LogP contribution in [0.5, 0.6) is 0 Å². The molecule has 0 fully saturated rings. The summed E-state index contributed by atoms with van der Waals surface area (Å²) in [6.07, 6.45) is 2.03. The van der Waals surface area contributed by atoms with Gasteiger partial charge in [0.25, 0.3) is 0 Å². The molecule has 0 amide bonds. The van der Waals surface area contributed by atoms with E-state index in [-0.39, 0.29) is 5.82 Å². The predicted octanol–water partition coefficient (Wildman–Crippen LogP) is 3.89. The second kappa shape index (κ2) is 7.18. The number of nitrogens with one attached hydrogen (secondary N) is 1. The van der Waals surface area contributed by atoms with Crippen LogP contribution in [-0.4, -0.2) is 16.3 Å². The van der Waals surface area contributed by atoms with Crippen molar-refractivity contribution in [1.82, 2.24) is 15.1 Å². The van der Waals surface area contributed by atoms with Gasteiger partial charge in [0.05, 0.1) is 16.7 Å². The van der Waals surface area contributed by atoms with Crippen molar-refractivity contribution in [3.05, 3.63) is 51.5 Å². The van der Waals surface area contributed by atoms with E-state index in [4.69, 9.17) is 0 Å². The fourth-order valence-electron chi connectivity index (χ4n) is 2.15. The SMILES string of the molecule is Cc1nn(Cc2cccc(F)c2Br)cc1CNCC(C)C. The van der Waals surface area contributed by atoms with Crippen molar-refractivity contribution in [1.29, 1.82) is 0 Å². The third-order valence-electron chi connectivity index (χ3n) is 3.28. The Bertz CT molecular complexity index is 608. The molecule has 0 radical (unpaired) electrons. The Morgan fingerprint density at radius 1 is 1.33 bits per heavy atom. The van der Waals surface area contributed by atoms with E-state index >= 15 is 0 Å². The highest BCUT2D eigenvalue weighted by Gasteiger charge is 2.09. The van der Waals surface area contributed by atoms with Crippen LogP contribution in [0, 0.1) is 18.7 Å². The van der Waals surface area contributed by atoms with Crippen LogP contribution < -0.4 is 5.32 Å². The molecule has 0 unspecified atom stereocenters. The number of halogens is 2. The monoisotopic (exact) mass is 353 g/mol. The number of benzene rings is 1. The van der Waals surface area contributed by atoms with Crippen molar-refractivity contribution in [2.45, 2.75) is 33.9 Å². The first-order valence-corrected chi connectivity index (χ1v) is 7.93. The van der Waals surface area contributed by atoms with E-state index in [9.17, 15) is 4.39 Å². The van der Waals surface area contributed by atoms with Gasteiger partial charge in [0.1, 0.15) is 5.82 Å². The summed E-state index contributed by atoms with van der Waals surface area (Å²) in [5.41, 5.74) is 3.08. The van der Waals surface area contributed by atoms with Gasteiger partial charge in [-0.2, -0.15) is 5.10 Å². The van der Waals surface area contributed by atoms with E-state index in [0.29, 0.717) is 16.9 Å². The van der Waals surface area contributed by atoms with Gasteiger partial charge in [-0.3, -0.25) is 4.68 Å².